The molecule has 2 saturated heterocycles. The molecule has 2 amide bonds. The lowest BCUT2D eigenvalue weighted by molar-refractivity contribution is 0.0552. The van der Waals surface area contributed by atoms with E-state index in [0.717, 1.165) is 24.2 Å². The third kappa shape index (κ3) is 2.14. The Kier molecular flexibility index (Phi) is 3.23. The summed E-state index contributed by atoms with van der Waals surface area (Å²) >= 11 is 0. The fourth-order valence-corrected chi connectivity index (χ4v) is 4.18. The molecule has 1 unspecified atom stereocenters. The van der Waals surface area contributed by atoms with Crippen molar-refractivity contribution in [2.45, 2.75) is 38.2 Å². The second-order valence-electron chi connectivity index (χ2n) is 7.14. The number of H-pyrrole nitrogens is 1. The normalized spacial score (nSPS) is 26.2. The molecular formula is C17H21N3O4. The number of amides is 2. The van der Waals surface area contributed by atoms with E-state index in [1.165, 1.54) is 0 Å². The van der Waals surface area contributed by atoms with Gasteiger partial charge in [0.2, 0.25) is 0 Å². The number of nitrogens with one attached hydrogen (secondary N) is 1. The van der Waals surface area contributed by atoms with Gasteiger partial charge in [-0.1, -0.05) is 0 Å². The first kappa shape index (κ1) is 15.2. The molecule has 2 fully saturated rings. The number of Topliss-reactive ketones (excluding diaryl/α,β-unsaturated/α-hetero) is 1. The number of hydrogen-bond donors (Lipinski definition) is 1. The Morgan fingerprint density at radius 2 is 2.04 bits per heavy atom. The fraction of sp³-hybridized carbons (Fsp3) is 0.588. The van der Waals surface area contributed by atoms with Gasteiger partial charge in [0.1, 0.15) is 0 Å². The summed E-state index contributed by atoms with van der Waals surface area (Å²) in [5.74, 6) is -0.0902. The first-order valence-corrected chi connectivity index (χ1v) is 8.38. The van der Waals surface area contributed by atoms with Crippen molar-refractivity contribution in [1.82, 2.24) is 14.8 Å². The Morgan fingerprint density at radius 3 is 2.75 bits per heavy atom. The monoisotopic (exact) mass is 331 g/mol. The number of aryl methyl sites for hydroxylation is 2. The van der Waals surface area contributed by atoms with E-state index in [-0.39, 0.29) is 17.8 Å². The Hall–Kier alpha value is -2.31. The number of rotatable bonds is 1. The van der Waals surface area contributed by atoms with Crippen molar-refractivity contribution in [3.8, 4) is 0 Å². The molecule has 1 aromatic heterocycles. The number of aromatic nitrogens is 1. The first-order valence-electron chi connectivity index (χ1n) is 8.38. The van der Waals surface area contributed by atoms with Crippen LogP contribution >= 0.6 is 0 Å². The van der Waals surface area contributed by atoms with Gasteiger partial charge in [0, 0.05) is 37.8 Å². The van der Waals surface area contributed by atoms with Crippen LogP contribution in [0, 0.1) is 6.92 Å². The second kappa shape index (κ2) is 5.09. The van der Waals surface area contributed by atoms with E-state index < -0.39 is 5.60 Å². The van der Waals surface area contributed by atoms with Gasteiger partial charge in [-0.3, -0.25) is 9.59 Å². The number of carbonyl (C=O) groups is 3. The molecule has 3 heterocycles. The zero-order valence-electron chi connectivity index (χ0n) is 14.0. The topological polar surface area (TPSA) is 82.7 Å². The van der Waals surface area contributed by atoms with Crippen LogP contribution < -0.4 is 0 Å². The Labute approximate surface area is 139 Å². The highest BCUT2D eigenvalue weighted by Gasteiger charge is 2.50. The summed E-state index contributed by atoms with van der Waals surface area (Å²) in [4.78, 5) is 43.5. The average molecular weight is 331 g/mol. The molecule has 0 saturated carbocycles. The quantitative estimate of drug-likeness (QED) is 0.845. The predicted octanol–water partition coefficient (Wildman–Crippen LogP) is 1.51. The highest BCUT2D eigenvalue weighted by atomic mass is 16.6. The van der Waals surface area contributed by atoms with Gasteiger partial charge in [0.25, 0.3) is 5.91 Å². The summed E-state index contributed by atoms with van der Waals surface area (Å²) in [5, 5.41) is 0. The lowest BCUT2D eigenvalue weighted by Gasteiger charge is -2.22. The van der Waals surface area contributed by atoms with Crippen molar-refractivity contribution in [1.29, 1.82) is 0 Å². The number of ether oxygens (including phenoxy) is 1. The number of hydrogen-bond acceptors (Lipinski definition) is 4. The molecule has 1 aromatic rings. The number of likely N-dealkylation sites (N-methyl/N-ethyl adjacent to an activating group) is 1. The molecule has 4 rings (SSSR count). The number of carbonyl (C=O) groups excluding carboxylic acids is 3. The number of likely N-dealkylation sites (tertiary alicyclic amines) is 1. The number of nitrogens with zero attached hydrogens (tertiary/aromatic N) is 2. The molecular weight excluding hydrogens is 310 g/mol. The maximum atomic E-state index is 13.0. The zero-order chi connectivity index (χ0) is 17.1. The second-order valence-corrected chi connectivity index (χ2v) is 7.14. The lowest BCUT2D eigenvalue weighted by atomic mass is 9.92. The number of ketones is 1. The highest BCUT2D eigenvalue weighted by Crippen LogP contribution is 2.34. The zero-order valence-corrected chi connectivity index (χ0v) is 14.0. The molecule has 2 aliphatic heterocycles. The molecule has 0 aromatic carbocycles. The van der Waals surface area contributed by atoms with Crippen LogP contribution in [-0.2, 0) is 11.2 Å². The summed E-state index contributed by atoms with van der Waals surface area (Å²) < 4.78 is 5.50. The molecule has 1 atom stereocenters. The molecule has 1 N–H and O–H groups in total. The van der Waals surface area contributed by atoms with Gasteiger partial charge in [-0.2, -0.15) is 0 Å². The van der Waals surface area contributed by atoms with Gasteiger partial charge in [0.05, 0.1) is 24.2 Å². The molecule has 0 bridgehead atoms. The molecule has 7 nitrogen and oxygen atoms in total. The summed E-state index contributed by atoms with van der Waals surface area (Å²) in [7, 11) is 1.70. The van der Waals surface area contributed by atoms with Gasteiger partial charge < -0.3 is 19.5 Å². The summed E-state index contributed by atoms with van der Waals surface area (Å²) in [6.07, 6.45) is 2.43. The van der Waals surface area contributed by atoms with Crippen LogP contribution in [0.3, 0.4) is 0 Å². The van der Waals surface area contributed by atoms with E-state index in [2.05, 4.69) is 4.98 Å². The van der Waals surface area contributed by atoms with Gasteiger partial charge in [-0.05, 0) is 19.8 Å². The standard InChI is InChI=1S/C17H21N3O4/c1-10-13(14-11(18-10)4-3-5-12(14)21)15(22)20-7-6-17(9-20)8-19(2)16(23)24-17/h18H,3-9H2,1-2H3. The van der Waals surface area contributed by atoms with Crippen molar-refractivity contribution in [2.24, 2.45) is 0 Å². The van der Waals surface area contributed by atoms with Gasteiger partial charge in [0.15, 0.2) is 11.4 Å². The van der Waals surface area contributed by atoms with Crippen molar-refractivity contribution in [3.05, 3.63) is 22.5 Å². The van der Waals surface area contributed by atoms with Crippen LogP contribution in [0.1, 0.15) is 51.4 Å². The lowest BCUT2D eigenvalue weighted by Crippen LogP contribution is -2.39. The molecule has 0 radical (unpaired) electrons. The van der Waals surface area contributed by atoms with E-state index in [1.54, 1.807) is 16.8 Å². The molecule has 24 heavy (non-hydrogen) atoms. The highest BCUT2D eigenvalue weighted by molar-refractivity contribution is 6.10. The van der Waals surface area contributed by atoms with Crippen LogP contribution in [0.4, 0.5) is 4.79 Å². The summed E-state index contributed by atoms with van der Waals surface area (Å²) in [5.41, 5.74) is 2.11. The van der Waals surface area contributed by atoms with Crippen molar-refractivity contribution in [2.75, 3.05) is 26.7 Å². The summed E-state index contributed by atoms with van der Waals surface area (Å²) in [6.45, 7) is 3.26. The van der Waals surface area contributed by atoms with Gasteiger partial charge in [-0.25, -0.2) is 4.79 Å². The molecule has 1 spiro atoms. The van der Waals surface area contributed by atoms with Crippen LogP contribution in [0.2, 0.25) is 0 Å². The maximum Gasteiger partial charge on any atom is 0.410 e. The summed E-state index contributed by atoms with van der Waals surface area (Å²) in [6, 6.07) is 0. The van der Waals surface area contributed by atoms with Crippen molar-refractivity contribution >= 4 is 17.8 Å². The van der Waals surface area contributed by atoms with Gasteiger partial charge >= 0.3 is 6.09 Å². The van der Waals surface area contributed by atoms with Crippen LogP contribution in [0.25, 0.3) is 0 Å². The first-order chi connectivity index (χ1) is 11.4. The minimum Gasteiger partial charge on any atom is -0.439 e. The predicted molar refractivity (Wildman–Crippen MR) is 85.2 cm³/mol. The number of aromatic amines is 1. The molecule has 128 valence electrons. The smallest absolute Gasteiger partial charge is 0.410 e. The van der Waals surface area contributed by atoms with Crippen LogP contribution in [-0.4, -0.2) is 64.9 Å². The third-order valence-electron chi connectivity index (χ3n) is 5.33. The SMILES string of the molecule is Cc1[nH]c2c(c1C(=O)N1CCC3(CN(C)C(=O)O3)C1)C(=O)CCC2. The third-order valence-corrected chi connectivity index (χ3v) is 5.33. The van der Waals surface area contributed by atoms with E-state index in [4.69, 9.17) is 4.74 Å². The van der Waals surface area contributed by atoms with Crippen molar-refractivity contribution in [3.63, 3.8) is 0 Å². The largest absolute Gasteiger partial charge is 0.439 e. The van der Waals surface area contributed by atoms with Crippen LogP contribution in [0.5, 0.6) is 0 Å². The van der Waals surface area contributed by atoms with E-state index in [0.29, 0.717) is 43.6 Å². The van der Waals surface area contributed by atoms with Crippen molar-refractivity contribution < 1.29 is 19.1 Å². The van der Waals surface area contributed by atoms with E-state index in [1.807, 2.05) is 6.92 Å². The fourth-order valence-electron chi connectivity index (χ4n) is 4.18. The maximum absolute atomic E-state index is 13.0. The number of fused-ring (bicyclic) bond motifs is 1. The van der Waals surface area contributed by atoms with Gasteiger partial charge in [-0.15, -0.1) is 0 Å². The average Bonchev–Trinajstić information content (AvgIpc) is 3.16. The minimum atomic E-state index is -0.601. The molecule has 7 heteroatoms. The van der Waals surface area contributed by atoms with E-state index >= 15 is 0 Å². The Balaban J connectivity index is 1.61. The van der Waals surface area contributed by atoms with E-state index in [9.17, 15) is 14.4 Å². The minimum absolute atomic E-state index is 0.0462. The van der Waals surface area contributed by atoms with Crippen LogP contribution in [0.15, 0.2) is 0 Å². The Bertz CT molecular complexity index is 753. The molecule has 1 aliphatic carbocycles. The molecule has 3 aliphatic rings. The Morgan fingerprint density at radius 1 is 1.25 bits per heavy atom.